The zero-order chi connectivity index (χ0) is 21.3. The molecular weight excluding hydrogens is 384 g/mol. The third-order valence-corrected chi connectivity index (χ3v) is 5.69. The number of carbonyl (C=O) groups is 4. The van der Waals surface area contributed by atoms with E-state index in [0.29, 0.717) is 54.9 Å². The van der Waals surface area contributed by atoms with Gasteiger partial charge in [0.15, 0.2) is 11.6 Å². The van der Waals surface area contributed by atoms with Crippen molar-refractivity contribution in [1.82, 2.24) is 4.90 Å². The van der Waals surface area contributed by atoms with Crippen molar-refractivity contribution >= 4 is 29.1 Å². The van der Waals surface area contributed by atoms with Crippen molar-refractivity contribution in [2.75, 3.05) is 31.1 Å². The molecule has 0 unspecified atom stereocenters. The van der Waals surface area contributed by atoms with Gasteiger partial charge in [-0.1, -0.05) is 24.3 Å². The van der Waals surface area contributed by atoms with Crippen LogP contribution in [0.5, 0.6) is 0 Å². The summed E-state index contributed by atoms with van der Waals surface area (Å²) in [5.74, 6) is -1.20. The highest BCUT2D eigenvalue weighted by Crippen LogP contribution is 2.30. The van der Waals surface area contributed by atoms with Gasteiger partial charge in [-0.05, 0) is 24.6 Å². The van der Waals surface area contributed by atoms with Gasteiger partial charge < -0.3 is 14.9 Å². The van der Waals surface area contributed by atoms with Crippen molar-refractivity contribution < 1.29 is 24.3 Å². The van der Waals surface area contributed by atoms with Crippen LogP contribution in [-0.4, -0.2) is 59.6 Å². The number of hydrogen-bond donors (Lipinski definition) is 1. The van der Waals surface area contributed by atoms with Gasteiger partial charge in [-0.15, -0.1) is 0 Å². The normalized spacial score (nSPS) is 15.6. The van der Waals surface area contributed by atoms with Crippen LogP contribution >= 0.6 is 0 Å². The van der Waals surface area contributed by atoms with E-state index in [1.54, 1.807) is 41.3 Å². The summed E-state index contributed by atoms with van der Waals surface area (Å²) in [5, 5.41) is 8.69. The number of carbonyl (C=O) groups excluding carboxylic acids is 3. The molecule has 2 aromatic rings. The predicted molar refractivity (Wildman–Crippen MR) is 110 cm³/mol. The first-order valence-corrected chi connectivity index (χ1v) is 10.0. The molecule has 7 heteroatoms. The first-order valence-electron chi connectivity index (χ1n) is 10.0. The van der Waals surface area contributed by atoms with Crippen molar-refractivity contribution in [2.24, 2.45) is 0 Å². The number of piperazine rings is 1. The average molecular weight is 406 g/mol. The fourth-order valence-corrected chi connectivity index (χ4v) is 4.05. The Morgan fingerprint density at radius 2 is 1.40 bits per heavy atom. The number of ketones is 2. The second kappa shape index (κ2) is 8.10. The van der Waals surface area contributed by atoms with E-state index in [0.717, 1.165) is 5.69 Å². The number of carboxylic acid groups (broad SMARTS) is 1. The molecule has 154 valence electrons. The molecule has 1 amide bonds. The maximum absolute atomic E-state index is 12.9. The Hall–Kier alpha value is -3.48. The number of amides is 1. The van der Waals surface area contributed by atoms with Crippen molar-refractivity contribution in [3.05, 3.63) is 64.7 Å². The summed E-state index contributed by atoms with van der Waals surface area (Å²) in [6.07, 6.45) is 0.578. The van der Waals surface area contributed by atoms with Crippen LogP contribution in [0.2, 0.25) is 0 Å². The fraction of sp³-hybridized carbons (Fsp3) is 0.304. The summed E-state index contributed by atoms with van der Waals surface area (Å²) in [5.41, 5.74) is 2.58. The lowest BCUT2D eigenvalue weighted by Crippen LogP contribution is -2.48. The van der Waals surface area contributed by atoms with E-state index < -0.39 is 5.97 Å². The molecule has 0 aromatic heterocycles. The van der Waals surface area contributed by atoms with Gasteiger partial charge in [0, 0.05) is 67.0 Å². The lowest BCUT2D eigenvalue weighted by Gasteiger charge is -2.36. The number of anilines is 1. The molecule has 0 atom stereocenters. The third-order valence-electron chi connectivity index (χ3n) is 5.69. The van der Waals surface area contributed by atoms with Gasteiger partial charge in [-0.25, -0.2) is 0 Å². The molecule has 1 fully saturated rings. The number of benzene rings is 2. The molecule has 30 heavy (non-hydrogen) atoms. The van der Waals surface area contributed by atoms with Gasteiger partial charge in [-0.3, -0.25) is 19.2 Å². The molecular formula is C23H22N2O5. The molecule has 0 radical (unpaired) electrons. The van der Waals surface area contributed by atoms with Gasteiger partial charge in [0.05, 0.1) is 0 Å². The molecule has 7 nitrogen and oxygen atoms in total. The number of fused-ring (bicyclic) bond motifs is 2. The van der Waals surface area contributed by atoms with Gasteiger partial charge >= 0.3 is 5.97 Å². The summed E-state index contributed by atoms with van der Waals surface area (Å²) in [6.45, 7) is 2.31. The number of carboxylic acids is 1. The van der Waals surface area contributed by atoms with E-state index in [1.165, 1.54) is 0 Å². The maximum Gasteiger partial charge on any atom is 0.303 e. The Bertz CT molecular complexity index is 1040. The molecule has 0 bridgehead atoms. The van der Waals surface area contributed by atoms with Gasteiger partial charge in [0.25, 0.3) is 0 Å². The SMILES string of the molecule is O=C(O)CCCC(=O)N1CCN(c2ccc3c(c2)C(=O)c2ccccc2C3=O)CC1. The van der Waals surface area contributed by atoms with Crippen molar-refractivity contribution in [2.45, 2.75) is 19.3 Å². The second-order valence-corrected chi connectivity index (χ2v) is 7.55. The second-order valence-electron chi connectivity index (χ2n) is 7.55. The zero-order valence-electron chi connectivity index (χ0n) is 16.5. The summed E-state index contributed by atoms with van der Waals surface area (Å²) in [4.78, 5) is 52.3. The fourth-order valence-electron chi connectivity index (χ4n) is 4.05. The molecule has 4 rings (SSSR count). The van der Waals surface area contributed by atoms with Gasteiger partial charge in [-0.2, -0.15) is 0 Å². The van der Waals surface area contributed by atoms with E-state index in [1.807, 2.05) is 6.07 Å². The van der Waals surface area contributed by atoms with E-state index in [9.17, 15) is 19.2 Å². The summed E-state index contributed by atoms with van der Waals surface area (Å²) < 4.78 is 0. The molecule has 1 aliphatic heterocycles. The molecule has 1 saturated heterocycles. The lowest BCUT2D eigenvalue weighted by atomic mass is 9.84. The standard InChI is InChI=1S/C23H22N2O5/c26-20(6-3-7-21(27)28)25-12-10-24(11-13-25)15-8-9-18-19(14-15)23(30)17-5-2-1-4-16(17)22(18)29/h1-2,4-5,8-9,14H,3,6-7,10-13H2,(H,27,28). The van der Waals surface area contributed by atoms with Gasteiger partial charge in [0.2, 0.25) is 5.91 Å². The molecule has 0 spiro atoms. The quantitative estimate of drug-likeness (QED) is 0.699. The van der Waals surface area contributed by atoms with E-state index in [4.69, 9.17) is 5.11 Å². The summed E-state index contributed by atoms with van der Waals surface area (Å²) in [7, 11) is 0. The Balaban J connectivity index is 1.45. The van der Waals surface area contributed by atoms with Crippen LogP contribution in [0.25, 0.3) is 0 Å². The number of rotatable bonds is 5. The monoisotopic (exact) mass is 406 g/mol. The number of aliphatic carboxylic acids is 1. The van der Waals surface area contributed by atoms with E-state index in [-0.39, 0.29) is 30.3 Å². The molecule has 2 aromatic carbocycles. The first kappa shape index (κ1) is 19.8. The maximum atomic E-state index is 12.9. The van der Waals surface area contributed by atoms with E-state index in [2.05, 4.69) is 4.90 Å². The zero-order valence-corrected chi connectivity index (χ0v) is 16.5. The smallest absolute Gasteiger partial charge is 0.303 e. The lowest BCUT2D eigenvalue weighted by molar-refractivity contribution is -0.137. The summed E-state index contributed by atoms with van der Waals surface area (Å²) in [6, 6.07) is 12.2. The Morgan fingerprint density at radius 1 is 0.800 bits per heavy atom. The molecule has 2 aliphatic rings. The van der Waals surface area contributed by atoms with E-state index >= 15 is 0 Å². The van der Waals surface area contributed by atoms with Crippen LogP contribution in [0.3, 0.4) is 0 Å². The number of nitrogens with zero attached hydrogens (tertiary/aromatic N) is 2. The minimum absolute atomic E-state index is 0.00327. The molecule has 0 saturated carbocycles. The van der Waals surface area contributed by atoms with Crippen molar-refractivity contribution in [3.8, 4) is 0 Å². The van der Waals surface area contributed by atoms with Crippen LogP contribution in [0, 0.1) is 0 Å². The minimum atomic E-state index is -0.893. The Morgan fingerprint density at radius 3 is 2.03 bits per heavy atom. The van der Waals surface area contributed by atoms with Crippen LogP contribution in [0.4, 0.5) is 5.69 Å². The first-order chi connectivity index (χ1) is 14.5. The Labute approximate surface area is 173 Å². The molecule has 1 N–H and O–H groups in total. The average Bonchev–Trinajstić information content (AvgIpc) is 2.77. The van der Waals surface area contributed by atoms with Crippen molar-refractivity contribution in [3.63, 3.8) is 0 Å². The largest absolute Gasteiger partial charge is 0.481 e. The van der Waals surface area contributed by atoms with Crippen LogP contribution in [-0.2, 0) is 9.59 Å². The van der Waals surface area contributed by atoms with Crippen LogP contribution < -0.4 is 4.90 Å². The predicted octanol–water partition coefficient (Wildman–Crippen LogP) is 2.37. The highest BCUT2D eigenvalue weighted by Gasteiger charge is 2.30. The van der Waals surface area contributed by atoms with Gasteiger partial charge in [0.1, 0.15) is 0 Å². The van der Waals surface area contributed by atoms with Crippen molar-refractivity contribution in [1.29, 1.82) is 0 Å². The number of hydrogen-bond acceptors (Lipinski definition) is 5. The van der Waals surface area contributed by atoms with Crippen LogP contribution in [0.1, 0.15) is 51.1 Å². The highest BCUT2D eigenvalue weighted by molar-refractivity contribution is 6.28. The topological polar surface area (TPSA) is 95.0 Å². The summed E-state index contributed by atoms with van der Waals surface area (Å²) >= 11 is 0. The molecule has 1 aliphatic carbocycles. The molecule has 1 heterocycles. The highest BCUT2D eigenvalue weighted by atomic mass is 16.4. The minimum Gasteiger partial charge on any atom is -0.481 e. The Kier molecular flexibility index (Phi) is 5.35. The third kappa shape index (κ3) is 3.70. The van der Waals surface area contributed by atoms with Crippen LogP contribution in [0.15, 0.2) is 42.5 Å².